The molecule has 0 aliphatic rings. The van der Waals surface area contributed by atoms with Crippen molar-refractivity contribution in [3.63, 3.8) is 0 Å². The molecule has 0 N–H and O–H groups in total. The smallest absolute Gasteiger partial charge is 0.197 e. The molecular weight excluding hydrogens is 523 g/mol. The van der Waals surface area contributed by atoms with Gasteiger partial charge in [-0.2, -0.15) is 0 Å². The molecule has 0 amide bonds. The van der Waals surface area contributed by atoms with Crippen LogP contribution in [0.25, 0.3) is 22.3 Å². The number of hydrogen-bond donors (Lipinski definition) is 0. The molecule has 3 aromatic carbocycles. The lowest BCUT2D eigenvalue weighted by atomic mass is 10.1. The summed E-state index contributed by atoms with van der Waals surface area (Å²) in [5, 5.41) is 0.372. The van der Waals surface area contributed by atoms with Crippen LogP contribution in [0.3, 0.4) is 0 Å². The quantitative estimate of drug-likeness (QED) is 0.280. The largest absolute Gasteiger partial charge is 0.495 e. The minimum Gasteiger partial charge on any atom is -0.495 e. The lowest BCUT2D eigenvalue weighted by molar-refractivity contribution is 0.284. The number of ether oxygens (including phenoxy) is 4. The third-order valence-electron chi connectivity index (χ3n) is 4.99. The van der Waals surface area contributed by atoms with E-state index in [0.717, 1.165) is 5.56 Å². The van der Waals surface area contributed by atoms with Crippen molar-refractivity contribution in [3.8, 4) is 34.3 Å². The van der Waals surface area contributed by atoms with Crippen molar-refractivity contribution in [2.24, 2.45) is 0 Å². The van der Waals surface area contributed by atoms with Crippen LogP contribution >= 0.6 is 22.6 Å². The summed E-state index contributed by atoms with van der Waals surface area (Å²) >= 11 is 2.09. The Kier molecular flexibility index (Phi) is 6.55. The van der Waals surface area contributed by atoms with E-state index in [9.17, 15) is 4.79 Å². The van der Waals surface area contributed by atoms with Gasteiger partial charge in [0.2, 0.25) is 0 Å². The maximum absolute atomic E-state index is 12.9. The third-order valence-corrected chi connectivity index (χ3v) is 6.01. The van der Waals surface area contributed by atoms with Crippen molar-refractivity contribution in [3.05, 3.63) is 80.0 Å². The molecule has 0 atom stereocenters. The fraction of sp³-hybridized carbons (Fsp3) is 0.160. The molecule has 0 unspecified atom stereocenters. The van der Waals surface area contributed by atoms with E-state index in [1.54, 1.807) is 32.4 Å². The summed E-state index contributed by atoms with van der Waals surface area (Å²) in [6, 6.07) is 18.4. The second kappa shape index (κ2) is 9.52. The predicted octanol–water partition coefficient (Wildman–Crippen LogP) is 5.67. The fourth-order valence-corrected chi connectivity index (χ4v) is 4.26. The van der Waals surface area contributed by atoms with Crippen LogP contribution in [0.4, 0.5) is 0 Å². The maximum Gasteiger partial charge on any atom is 0.197 e. The maximum atomic E-state index is 12.9. The number of methoxy groups -OCH3 is 3. The highest BCUT2D eigenvalue weighted by Crippen LogP contribution is 2.38. The first kappa shape index (κ1) is 22.0. The topological polar surface area (TPSA) is 67.1 Å². The molecule has 1 heterocycles. The molecule has 4 aromatic rings. The Balaban J connectivity index is 1.73. The Morgan fingerprint density at radius 2 is 1.59 bits per heavy atom. The summed E-state index contributed by atoms with van der Waals surface area (Å²) in [6.07, 6.45) is 0. The van der Waals surface area contributed by atoms with Crippen molar-refractivity contribution in [2.45, 2.75) is 6.61 Å². The third kappa shape index (κ3) is 4.25. The molecule has 0 saturated carbocycles. The summed E-state index contributed by atoms with van der Waals surface area (Å²) in [5.41, 5.74) is 1.91. The molecule has 1 aromatic heterocycles. The number of fused-ring (bicyclic) bond motifs is 1. The first-order chi connectivity index (χ1) is 15.5. The van der Waals surface area contributed by atoms with E-state index in [2.05, 4.69) is 22.6 Å². The van der Waals surface area contributed by atoms with Gasteiger partial charge < -0.3 is 23.4 Å². The van der Waals surface area contributed by atoms with Crippen molar-refractivity contribution in [2.75, 3.05) is 21.3 Å². The van der Waals surface area contributed by atoms with Gasteiger partial charge in [-0.1, -0.05) is 30.3 Å². The lowest BCUT2D eigenvalue weighted by Crippen LogP contribution is -2.05. The minimum absolute atomic E-state index is 0.206. The van der Waals surface area contributed by atoms with E-state index < -0.39 is 0 Å². The normalized spacial score (nSPS) is 10.8. The van der Waals surface area contributed by atoms with E-state index in [0.29, 0.717) is 55.5 Å². The van der Waals surface area contributed by atoms with Crippen molar-refractivity contribution in [1.82, 2.24) is 0 Å². The van der Waals surface area contributed by atoms with Gasteiger partial charge in [0.25, 0.3) is 0 Å². The van der Waals surface area contributed by atoms with Gasteiger partial charge in [-0.05, 0) is 46.4 Å². The van der Waals surface area contributed by atoms with Crippen LogP contribution in [-0.2, 0) is 6.61 Å². The SMILES string of the molecule is COc1cc(-c2cc(=O)c3c(OC)c(I)c(OC)cc3o2)ccc1OCc1ccccc1. The van der Waals surface area contributed by atoms with Gasteiger partial charge in [0.05, 0.1) is 24.9 Å². The molecule has 0 aliphatic carbocycles. The standard InChI is InChI=1S/C25H21IO6/c1-28-20-11-16(9-10-18(20)31-14-15-7-5-4-6-8-15)19-12-17(27)23-21(32-19)13-22(29-2)24(26)25(23)30-3/h4-13H,14H2,1-3H3. The highest BCUT2D eigenvalue weighted by molar-refractivity contribution is 14.1. The first-order valence-corrected chi connectivity index (χ1v) is 10.9. The summed E-state index contributed by atoms with van der Waals surface area (Å²) in [4.78, 5) is 12.9. The lowest BCUT2D eigenvalue weighted by Gasteiger charge is -2.14. The van der Waals surface area contributed by atoms with E-state index >= 15 is 0 Å². The van der Waals surface area contributed by atoms with E-state index in [4.69, 9.17) is 23.4 Å². The Labute approximate surface area is 198 Å². The molecule has 4 rings (SSSR count). The van der Waals surface area contributed by atoms with Crippen molar-refractivity contribution in [1.29, 1.82) is 0 Å². The highest BCUT2D eigenvalue weighted by atomic mass is 127. The molecule has 32 heavy (non-hydrogen) atoms. The zero-order chi connectivity index (χ0) is 22.7. The molecule has 6 nitrogen and oxygen atoms in total. The molecular formula is C25H21IO6. The first-order valence-electron chi connectivity index (χ1n) is 9.79. The Hall–Kier alpha value is -3.20. The average Bonchev–Trinajstić information content (AvgIpc) is 2.83. The average molecular weight is 544 g/mol. The summed E-state index contributed by atoms with van der Waals surface area (Å²) in [5.74, 6) is 2.54. The predicted molar refractivity (Wildman–Crippen MR) is 131 cm³/mol. The minimum atomic E-state index is -0.206. The van der Waals surface area contributed by atoms with Crippen LogP contribution < -0.4 is 24.4 Å². The Morgan fingerprint density at radius 3 is 2.28 bits per heavy atom. The van der Waals surface area contributed by atoms with Crippen LogP contribution in [0, 0.1) is 3.57 Å². The van der Waals surface area contributed by atoms with Gasteiger partial charge in [0.1, 0.15) is 29.1 Å². The second-order valence-electron chi connectivity index (χ2n) is 6.91. The van der Waals surface area contributed by atoms with Gasteiger partial charge in [-0.3, -0.25) is 4.79 Å². The highest BCUT2D eigenvalue weighted by Gasteiger charge is 2.19. The van der Waals surface area contributed by atoms with E-state index in [1.807, 2.05) is 36.4 Å². The van der Waals surface area contributed by atoms with Gasteiger partial charge in [0.15, 0.2) is 22.7 Å². The molecule has 0 aliphatic heterocycles. The molecule has 7 heteroatoms. The van der Waals surface area contributed by atoms with Crippen LogP contribution in [0.2, 0.25) is 0 Å². The van der Waals surface area contributed by atoms with Gasteiger partial charge in [-0.25, -0.2) is 0 Å². The second-order valence-corrected chi connectivity index (χ2v) is 7.99. The van der Waals surface area contributed by atoms with Gasteiger partial charge in [0, 0.05) is 17.7 Å². The van der Waals surface area contributed by atoms with E-state index in [1.165, 1.54) is 13.2 Å². The van der Waals surface area contributed by atoms with Crippen molar-refractivity contribution < 1.29 is 23.4 Å². The zero-order valence-electron chi connectivity index (χ0n) is 17.8. The van der Waals surface area contributed by atoms with E-state index in [-0.39, 0.29) is 5.43 Å². The Morgan fingerprint density at radius 1 is 0.844 bits per heavy atom. The summed E-state index contributed by atoms with van der Waals surface area (Å²) < 4.78 is 29.1. The number of benzene rings is 3. The summed E-state index contributed by atoms with van der Waals surface area (Å²) in [6.45, 7) is 0.416. The zero-order valence-corrected chi connectivity index (χ0v) is 20.0. The molecule has 0 spiro atoms. The van der Waals surface area contributed by atoms with Crippen LogP contribution in [-0.4, -0.2) is 21.3 Å². The van der Waals surface area contributed by atoms with Crippen LogP contribution in [0.15, 0.2) is 69.9 Å². The van der Waals surface area contributed by atoms with Crippen LogP contribution in [0.5, 0.6) is 23.0 Å². The molecule has 0 radical (unpaired) electrons. The summed E-state index contributed by atoms with van der Waals surface area (Å²) in [7, 11) is 4.65. The monoisotopic (exact) mass is 544 g/mol. The molecule has 0 saturated heterocycles. The molecule has 164 valence electrons. The van der Waals surface area contributed by atoms with Gasteiger partial charge >= 0.3 is 0 Å². The van der Waals surface area contributed by atoms with Crippen molar-refractivity contribution >= 4 is 33.6 Å². The molecule has 0 fully saturated rings. The van der Waals surface area contributed by atoms with Gasteiger partial charge in [-0.15, -0.1) is 0 Å². The molecule has 0 bridgehead atoms. The number of hydrogen-bond acceptors (Lipinski definition) is 6. The fourth-order valence-electron chi connectivity index (χ4n) is 3.40. The van der Waals surface area contributed by atoms with Crippen LogP contribution in [0.1, 0.15) is 5.56 Å². The Bertz CT molecular complexity index is 1310. The number of rotatable bonds is 7. The number of halogens is 1.